The van der Waals surface area contributed by atoms with Gasteiger partial charge in [0.25, 0.3) is 0 Å². The van der Waals surface area contributed by atoms with E-state index in [2.05, 4.69) is 10.3 Å². The molecule has 1 aromatic rings. The Morgan fingerprint density at radius 1 is 1.24 bits per heavy atom. The van der Waals surface area contributed by atoms with Gasteiger partial charge >= 0.3 is 0 Å². The number of nitriles is 2. The van der Waals surface area contributed by atoms with E-state index in [0.29, 0.717) is 23.5 Å². The van der Waals surface area contributed by atoms with Crippen molar-refractivity contribution < 1.29 is 4.79 Å². The van der Waals surface area contributed by atoms with Crippen molar-refractivity contribution in [3.8, 4) is 12.1 Å². The molecule has 2 rings (SSSR count). The Balaban J connectivity index is 2.42. The van der Waals surface area contributed by atoms with Gasteiger partial charge < -0.3 is 5.32 Å². The van der Waals surface area contributed by atoms with Crippen molar-refractivity contribution in [2.24, 2.45) is 10.9 Å². The van der Waals surface area contributed by atoms with Gasteiger partial charge in [-0.05, 0) is 5.92 Å². The largest absolute Gasteiger partial charge is 0.310 e. The third kappa shape index (κ3) is 2.98. The molecule has 21 heavy (non-hydrogen) atoms. The minimum atomic E-state index is -0.129. The molecule has 1 N–H and O–H groups in total. The third-order valence-corrected chi connectivity index (χ3v) is 2.97. The summed E-state index contributed by atoms with van der Waals surface area (Å²) >= 11 is 0. The van der Waals surface area contributed by atoms with Crippen LogP contribution in [0.2, 0.25) is 0 Å². The first-order valence-electron chi connectivity index (χ1n) is 6.59. The number of allylic oxidation sites excluding steroid dienone is 1. The molecular weight excluding hydrogens is 264 g/mol. The zero-order valence-electron chi connectivity index (χ0n) is 11.8. The van der Waals surface area contributed by atoms with Crippen LogP contribution in [0.1, 0.15) is 31.4 Å². The van der Waals surface area contributed by atoms with E-state index in [1.165, 1.54) is 0 Å². The Bertz CT molecular complexity index is 713. The lowest BCUT2D eigenvalue weighted by atomic mass is 10.0. The van der Waals surface area contributed by atoms with E-state index in [-0.39, 0.29) is 17.4 Å². The van der Waals surface area contributed by atoms with Crippen LogP contribution in [0.15, 0.2) is 34.8 Å². The second-order valence-electron chi connectivity index (χ2n) is 5.10. The van der Waals surface area contributed by atoms with Crippen molar-refractivity contribution in [2.45, 2.75) is 20.3 Å². The van der Waals surface area contributed by atoms with Crippen LogP contribution in [0.4, 0.5) is 0 Å². The number of amides is 1. The number of carbonyl (C=O) groups is 1. The molecule has 1 heterocycles. The molecule has 1 aromatic carbocycles. The Labute approximate surface area is 123 Å². The summed E-state index contributed by atoms with van der Waals surface area (Å²) in [6, 6.07) is 10.9. The zero-order chi connectivity index (χ0) is 15.4. The zero-order valence-corrected chi connectivity index (χ0v) is 11.8. The normalized spacial score (nSPS) is 12.2. The minimum Gasteiger partial charge on any atom is -0.310 e. The molecule has 0 radical (unpaired) electrons. The maximum absolute atomic E-state index is 11.9. The summed E-state index contributed by atoms with van der Waals surface area (Å²) < 4.78 is 0. The number of carbonyl (C=O) groups excluding carboxylic acids is 1. The van der Waals surface area contributed by atoms with Gasteiger partial charge in [0.1, 0.15) is 23.7 Å². The van der Waals surface area contributed by atoms with Crippen molar-refractivity contribution in [1.29, 1.82) is 10.5 Å². The molecule has 104 valence electrons. The Morgan fingerprint density at radius 3 is 2.43 bits per heavy atom. The summed E-state index contributed by atoms with van der Waals surface area (Å²) in [5.74, 6) is 0.510. The summed E-state index contributed by atoms with van der Waals surface area (Å²) in [7, 11) is 0. The number of nitrogens with zero attached hydrogens (tertiary/aromatic N) is 3. The van der Waals surface area contributed by atoms with Crippen LogP contribution in [-0.4, -0.2) is 11.7 Å². The highest BCUT2D eigenvalue weighted by Gasteiger charge is 2.24. The summed E-state index contributed by atoms with van der Waals surface area (Å²) in [5.41, 5.74) is 1.68. The Morgan fingerprint density at radius 2 is 1.86 bits per heavy atom. The van der Waals surface area contributed by atoms with E-state index in [1.54, 1.807) is 12.1 Å². The average molecular weight is 278 g/mol. The number of rotatable bonds is 2. The van der Waals surface area contributed by atoms with Crippen molar-refractivity contribution in [1.82, 2.24) is 5.32 Å². The number of benzene rings is 1. The standard InChI is InChI=1S/C16H14N4O/c1-10(2)7-14(21)19-16-13-6-4-3-5-12(13)15(20-16)11(8-17)9-18/h3-6,10H,7H2,1-2H3,(H,19,20,21). The molecule has 0 bridgehead atoms. The highest BCUT2D eigenvalue weighted by molar-refractivity contribution is 6.16. The van der Waals surface area contributed by atoms with E-state index < -0.39 is 0 Å². The van der Waals surface area contributed by atoms with Gasteiger partial charge in [-0.3, -0.25) is 4.79 Å². The fraction of sp³-hybridized carbons (Fsp3) is 0.250. The maximum atomic E-state index is 11.9. The number of amidine groups is 1. The smallest absolute Gasteiger partial charge is 0.225 e. The molecule has 0 atom stereocenters. The fourth-order valence-electron chi connectivity index (χ4n) is 2.10. The molecule has 1 aliphatic heterocycles. The monoisotopic (exact) mass is 278 g/mol. The predicted octanol–water partition coefficient (Wildman–Crippen LogP) is 2.37. The van der Waals surface area contributed by atoms with E-state index in [1.807, 2.05) is 38.1 Å². The van der Waals surface area contributed by atoms with E-state index in [4.69, 9.17) is 10.5 Å². The lowest BCUT2D eigenvalue weighted by Crippen LogP contribution is -2.31. The van der Waals surface area contributed by atoms with Crippen LogP contribution in [0.3, 0.4) is 0 Å². The summed E-state index contributed by atoms with van der Waals surface area (Å²) in [6.07, 6.45) is 0.392. The average Bonchev–Trinajstić information content (AvgIpc) is 2.79. The quantitative estimate of drug-likeness (QED) is 0.842. The molecule has 1 amide bonds. The second-order valence-corrected chi connectivity index (χ2v) is 5.10. The van der Waals surface area contributed by atoms with Crippen LogP contribution >= 0.6 is 0 Å². The number of nitrogens with one attached hydrogen (secondary N) is 1. The van der Waals surface area contributed by atoms with Gasteiger partial charge in [-0.25, -0.2) is 4.99 Å². The number of fused-ring (bicyclic) bond motifs is 1. The Hall–Kier alpha value is -2.92. The highest BCUT2D eigenvalue weighted by Crippen LogP contribution is 2.30. The first kappa shape index (κ1) is 14.5. The lowest BCUT2D eigenvalue weighted by Gasteiger charge is -2.07. The van der Waals surface area contributed by atoms with Gasteiger partial charge in [-0.2, -0.15) is 10.5 Å². The van der Waals surface area contributed by atoms with Crippen molar-refractivity contribution >= 4 is 17.4 Å². The first-order chi connectivity index (χ1) is 10.1. The second kappa shape index (κ2) is 6.02. The molecule has 1 aliphatic rings. The molecule has 0 aromatic heterocycles. The first-order valence-corrected chi connectivity index (χ1v) is 6.59. The topological polar surface area (TPSA) is 89.0 Å². The number of hydrogen-bond donors (Lipinski definition) is 1. The van der Waals surface area contributed by atoms with Crippen LogP contribution in [0.25, 0.3) is 5.70 Å². The van der Waals surface area contributed by atoms with Crippen LogP contribution < -0.4 is 5.32 Å². The van der Waals surface area contributed by atoms with E-state index in [0.717, 1.165) is 5.56 Å². The van der Waals surface area contributed by atoms with Crippen LogP contribution in [-0.2, 0) is 4.79 Å². The van der Waals surface area contributed by atoms with Gasteiger partial charge in [-0.15, -0.1) is 0 Å². The fourth-order valence-corrected chi connectivity index (χ4v) is 2.10. The van der Waals surface area contributed by atoms with Gasteiger partial charge in [0.15, 0.2) is 5.57 Å². The summed E-state index contributed by atoms with van der Waals surface area (Å²) in [6.45, 7) is 3.91. The SMILES string of the molecule is CC(C)CC(=O)NC1=NC(=C(C#N)C#N)c2ccccc21. The maximum Gasteiger partial charge on any atom is 0.225 e. The van der Waals surface area contributed by atoms with Gasteiger partial charge in [0, 0.05) is 17.5 Å². The molecule has 5 heteroatoms. The molecule has 0 spiro atoms. The highest BCUT2D eigenvalue weighted by atomic mass is 16.1. The number of aliphatic imine (C=N–C) groups is 1. The molecule has 0 saturated carbocycles. The Kier molecular flexibility index (Phi) is 4.15. The predicted molar refractivity (Wildman–Crippen MR) is 78.7 cm³/mol. The summed E-state index contributed by atoms with van der Waals surface area (Å²) in [5, 5.41) is 20.8. The van der Waals surface area contributed by atoms with E-state index in [9.17, 15) is 4.79 Å². The van der Waals surface area contributed by atoms with Crippen LogP contribution in [0.5, 0.6) is 0 Å². The van der Waals surface area contributed by atoms with E-state index >= 15 is 0 Å². The molecule has 5 nitrogen and oxygen atoms in total. The molecule has 0 unspecified atom stereocenters. The summed E-state index contributed by atoms with van der Waals surface area (Å²) in [4.78, 5) is 16.2. The van der Waals surface area contributed by atoms with Gasteiger partial charge in [-0.1, -0.05) is 38.1 Å². The molecular formula is C16H14N4O. The molecule has 0 saturated heterocycles. The molecule has 0 aliphatic carbocycles. The lowest BCUT2D eigenvalue weighted by molar-refractivity contribution is -0.120. The number of hydrogen-bond acceptors (Lipinski definition) is 4. The molecule has 0 fully saturated rings. The third-order valence-electron chi connectivity index (χ3n) is 2.97. The minimum absolute atomic E-state index is 0.0597. The van der Waals surface area contributed by atoms with Crippen LogP contribution in [0, 0.1) is 28.6 Å². The van der Waals surface area contributed by atoms with Crippen molar-refractivity contribution in [2.75, 3.05) is 0 Å². The van der Waals surface area contributed by atoms with Gasteiger partial charge in [0.05, 0.1) is 0 Å². The van der Waals surface area contributed by atoms with Gasteiger partial charge in [0.2, 0.25) is 5.91 Å². The van der Waals surface area contributed by atoms with Crippen molar-refractivity contribution in [3.63, 3.8) is 0 Å². The van der Waals surface area contributed by atoms with Crippen molar-refractivity contribution in [3.05, 3.63) is 41.0 Å².